The SMILES string of the molecule is CN1[C@@H]2CC(OC(=O)[C@H](CO)c3ccccc3)C[C@H]1[C@@H]1O[C@@H]12.CN1[C@@H]2CC[C@H]1CC(O)C2.C[C@@H]1O[C@H](C[N+](C)(C)C)C[C@H]1O. The van der Waals surface area contributed by atoms with Crippen molar-refractivity contribution in [2.75, 3.05) is 48.4 Å². The second-order valence-electron chi connectivity index (χ2n) is 15.0. The number of morpholine rings is 1. The molecule has 3 N–H and O–H groups in total. The number of epoxide rings is 1. The molecule has 44 heavy (non-hydrogen) atoms. The van der Waals surface area contributed by atoms with Gasteiger partial charge in [0.25, 0.3) is 0 Å². The first kappa shape index (κ1) is 33.7. The quantitative estimate of drug-likeness (QED) is 0.249. The van der Waals surface area contributed by atoms with Gasteiger partial charge >= 0.3 is 5.97 Å². The first-order valence-electron chi connectivity index (χ1n) is 16.6. The second kappa shape index (κ2) is 14.0. The standard InChI is InChI=1S/C17H21NO4.C9H20NO2.C8H15NO/c1-18-13-7-11(8-14(18)16-15(13)22-16)21-17(20)12(9-19)10-5-3-2-4-6-10;1-7-9(11)5-8(12-7)6-10(2,3)4;1-9-6-2-3-7(9)5-8(10)4-6/h2-6,11-16,19H,7-9H2,1H3;7-9,11H,5-6H2,1-4H3;6-8,10H,2-5H2,1H3/q;+1;/t11?,12-,13-,14+,15-,16+;7-,8-,9+;6-,7+,8?/m10./s1. The number of carbonyl (C=O) groups is 1. The molecule has 0 radical (unpaired) electrons. The molecule has 248 valence electrons. The number of hydrogen-bond acceptors (Lipinski definition) is 9. The van der Waals surface area contributed by atoms with Crippen molar-refractivity contribution >= 4 is 5.97 Å². The number of fused-ring (bicyclic) bond motifs is 7. The summed E-state index contributed by atoms with van der Waals surface area (Å²) < 4.78 is 17.9. The molecule has 6 aliphatic heterocycles. The van der Waals surface area contributed by atoms with Crippen LogP contribution in [0.4, 0.5) is 0 Å². The van der Waals surface area contributed by atoms with Crippen molar-refractivity contribution in [3.63, 3.8) is 0 Å². The molecule has 0 spiro atoms. The van der Waals surface area contributed by atoms with Crippen LogP contribution in [-0.4, -0.2) is 151 Å². The average Bonchev–Trinajstić information content (AvgIpc) is 3.61. The lowest BCUT2D eigenvalue weighted by molar-refractivity contribution is -0.873. The van der Waals surface area contributed by atoms with Crippen LogP contribution in [0.5, 0.6) is 0 Å². The van der Waals surface area contributed by atoms with Crippen LogP contribution in [0, 0.1) is 0 Å². The Bertz CT molecular complexity index is 1040. The molecule has 7 rings (SSSR count). The number of aliphatic hydroxyl groups is 3. The van der Waals surface area contributed by atoms with Crippen LogP contribution in [0.3, 0.4) is 0 Å². The highest BCUT2D eigenvalue weighted by Crippen LogP contribution is 2.48. The number of piperidine rings is 2. The molecular weight excluding hydrogens is 562 g/mol. The minimum Gasteiger partial charge on any atom is -0.462 e. The van der Waals surface area contributed by atoms with Crippen LogP contribution in [0.2, 0.25) is 0 Å². The summed E-state index contributed by atoms with van der Waals surface area (Å²) >= 11 is 0. The van der Waals surface area contributed by atoms with Crippen LogP contribution in [0.25, 0.3) is 0 Å². The van der Waals surface area contributed by atoms with Gasteiger partial charge in [-0.1, -0.05) is 30.3 Å². The summed E-state index contributed by atoms with van der Waals surface area (Å²) in [5, 5.41) is 28.4. The van der Waals surface area contributed by atoms with Gasteiger partial charge in [-0.2, -0.15) is 0 Å². The van der Waals surface area contributed by atoms with E-state index in [0.717, 1.165) is 48.7 Å². The maximum Gasteiger partial charge on any atom is 0.316 e. The molecule has 12 atom stereocenters. The molecule has 0 aromatic heterocycles. The highest BCUT2D eigenvalue weighted by atomic mass is 16.6. The number of quaternary nitrogens is 1. The van der Waals surface area contributed by atoms with Gasteiger partial charge in [0.2, 0.25) is 0 Å². The summed E-state index contributed by atoms with van der Waals surface area (Å²) in [6, 6.07) is 11.4. The third-order valence-electron chi connectivity index (χ3n) is 10.6. The molecule has 10 heteroatoms. The first-order chi connectivity index (χ1) is 20.8. The lowest BCUT2D eigenvalue weighted by atomic mass is 9.97. The van der Waals surface area contributed by atoms with Crippen LogP contribution >= 0.6 is 0 Å². The van der Waals surface area contributed by atoms with Crippen LogP contribution in [-0.2, 0) is 19.0 Å². The zero-order chi connectivity index (χ0) is 31.8. The minimum absolute atomic E-state index is 0.00583. The van der Waals surface area contributed by atoms with E-state index in [1.807, 2.05) is 37.3 Å². The average molecular weight is 619 g/mol. The Hall–Kier alpha value is -1.63. The molecule has 1 aromatic carbocycles. The number of hydrogen-bond donors (Lipinski definition) is 3. The Kier molecular flexibility index (Phi) is 10.7. The number of aliphatic hydroxyl groups excluding tert-OH is 3. The van der Waals surface area contributed by atoms with Crippen molar-refractivity contribution in [2.45, 2.75) is 125 Å². The van der Waals surface area contributed by atoms with Gasteiger partial charge in [0.15, 0.2) is 0 Å². The van der Waals surface area contributed by atoms with Gasteiger partial charge < -0.3 is 38.9 Å². The molecule has 6 fully saturated rings. The molecule has 0 amide bonds. The normalized spacial score (nSPS) is 39.8. The fourth-order valence-electron chi connectivity index (χ4n) is 8.07. The number of likely N-dealkylation sites (N-methyl/N-ethyl adjacent to an activating group) is 2. The highest BCUT2D eigenvalue weighted by Gasteiger charge is 2.62. The number of rotatable bonds is 6. The minimum atomic E-state index is -0.593. The van der Waals surface area contributed by atoms with E-state index in [9.17, 15) is 20.1 Å². The molecular formula is C34H56N3O7+. The van der Waals surface area contributed by atoms with Crippen LogP contribution < -0.4 is 0 Å². The molecule has 2 unspecified atom stereocenters. The number of ether oxygens (including phenoxy) is 3. The topological polar surface area (TPSA) is 115 Å². The van der Waals surface area contributed by atoms with Crippen LogP contribution in [0.15, 0.2) is 30.3 Å². The van der Waals surface area contributed by atoms with Gasteiger partial charge in [-0.25, -0.2) is 0 Å². The number of benzene rings is 1. The van der Waals surface area contributed by atoms with Crippen molar-refractivity contribution in [3.05, 3.63) is 35.9 Å². The summed E-state index contributed by atoms with van der Waals surface area (Å²) in [4.78, 5) is 17.2. The van der Waals surface area contributed by atoms with E-state index in [2.05, 4.69) is 45.0 Å². The maximum atomic E-state index is 12.4. The van der Waals surface area contributed by atoms with E-state index < -0.39 is 5.92 Å². The van der Waals surface area contributed by atoms with E-state index in [1.54, 1.807) is 0 Å². The lowest BCUT2D eigenvalue weighted by Gasteiger charge is -2.38. The van der Waals surface area contributed by atoms with Gasteiger partial charge in [-0.05, 0) is 52.3 Å². The Morgan fingerprint density at radius 1 is 0.932 bits per heavy atom. The number of nitrogens with zero attached hydrogens (tertiary/aromatic N) is 3. The number of esters is 1. The Labute approximate surface area is 263 Å². The molecule has 6 heterocycles. The molecule has 6 saturated heterocycles. The van der Waals surface area contributed by atoms with Gasteiger partial charge in [0, 0.05) is 43.4 Å². The van der Waals surface area contributed by atoms with E-state index in [1.165, 1.54) is 12.8 Å². The Morgan fingerprint density at radius 3 is 2.02 bits per heavy atom. The monoisotopic (exact) mass is 618 g/mol. The summed E-state index contributed by atoms with van der Waals surface area (Å²) in [7, 11) is 10.7. The van der Waals surface area contributed by atoms with Gasteiger partial charge in [-0.15, -0.1) is 0 Å². The smallest absolute Gasteiger partial charge is 0.316 e. The zero-order valence-corrected chi connectivity index (χ0v) is 27.5. The largest absolute Gasteiger partial charge is 0.462 e. The molecule has 0 aliphatic carbocycles. The zero-order valence-electron chi connectivity index (χ0n) is 27.5. The fraction of sp³-hybridized carbons (Fsp3) is 0.794. The Balaban J connectivity index is 0.000000147. The van der Waals surface area contributed by atoms with Crippen LogP contribution in [0.1, 0.15) is 63.4 Å². The van der Waals surface area contributed by atoms with E-state index in [0.29, 0.717) is 36.4 Å². The molecule has 0 saturated carbocycles. The predicted octanol–water partition coefficient (Wildman–Crippen LogP) is 1.75. The summed E-state index contributed by atoms with van der Waals surface area (Å²) in [5.41, 5.74) is 0.803. The molecule has 4 bridgehead atoms. The lowest BCUT2D eigenvalue weighted by Crippen LogP contribution is -2.48. The third kappa shape index (κ3) is 8.01. The van der Waals surface area contributed by atoms with E-state index in [-0.39, 0.29) is 43.1 Å². The summed E-state index contributed by atoms with van der Waals surface area (Å²) in [5.74, 6) is -0.915. The first-order valence-corrected chi connectivity index (χ1v) is 16.6. The molecule has 1 aromatic rings. The van der Waals surface area contributed by atoms with Gasteiger partial charge in [0.05, 0.1) is 46.1 Å². The van der Waals surface area contributed by atoms with Crippen molar-refractivity contribution in [2.24, 2.45) is 0 Å². The number of carbonyl (C=O) groups excluding carboxylic acids is 1. The molecule has 10 nitrogen and oxygen atoms in total. The fourth-order valence-corrected chi connectivity index (χ4v) is 8.07. The highest BCUT2D eigenvalue weighted by molar-refractivity contribution is 5.78. The predicted molar refractivity (Wildman–Crippen MR) is 167 cm³/mol. The third-order valence-corrected chi connectivity index (χ3v) is 10.6. The Morgan fingerprint density at radius 2 is 1.52 bits per heavy atom. The van der Waals surface area contributed by atoms with Gasteiger partial charge in [-0.3, -0.25) is 9.69 Å². The summed E-state index contributed by atoms with van der Waals surface area (Å²) in [6.45, 7) is 2.68. The van der Waals surface area contributed by atoms with Crippen molar-refractivity contribution < 1.29 is 38.8 Å². The summed E-state index contributed by atoms with van der Waals surface area (Å²) in [6.07, 6.45) is 7.65. The van der Waals surface area contributed by atoms with E-state index >= 15 is 0 Å². The van der Waals surface area contributed by atoms with Crippen molar-refractivity contribution in [1.82, 2.24) is 9.80 Å². The van der Waals surface area contributed by atoms with E-state index in [4.69, 9.17) is 14.2 Å². The second-order valence-corrected chi connectivity index (χ2v) is 15.0. The molecule has 6 aliphatic rings. The van der Waals surface area contributed by atoms with Crippen molar-refractivity contribution in [3.8, 4) is 0 Å². The van der Waals surface area contributed by atoms with Crippen molar-refractivity contribution in [1.29, 1.82) is 0 Å². The maximum absolute atomic E-state index is 12.4. The van der Waals surface area contributed by atoms with Gasteiger partial charge in [0.1, 0.15) is 36.9 Å².